The summed E-state index contributed by atoms with van der Waals surface area (Å²) < 4.78 is 1.54. The van der Waals surface area contributed by atoms with Crippen molar-refractivity contribution in [2.45, 2.75) is 31.8 Å². The van der Waals surface area contributed by atoms with Gasteiger partial charge in [0.2, 0.25) is 5.88 Å². The lowest BCUT2D eigenvalue weighted by molar-refractivity contribution is 0.412. The second-order valence-electron chi connectivity index (χ2n) is 7.19. The van der Waals surface area contributed by atoms with Gasteiger partial charge in [0.05, 0.1) is 11.4 Å². The van der Waals surface area contributed by atoms with E-state index < -0.39 is 0 Å². The van der Waals surface area contributed by atoms with Crippen molar-refractivity contribution in [3.05, 3.63) is 77.9 Å². The highest BCUT2D eigenvalue weighted by Gasteiger charge is 2.26. The van der Waals surface area contributed by atoms with Crippen molar-refractivity contribution in [3.8, 4) is 11.7 Å². The zero-order chi connectivity index (χ0) is 18.9. The van der Waals surface area contributed by atoms with Gasteiger partial charge in [-0.1, -0.05) is 30.3 Å². The molecule has 0 bridgehead atoms. The van der Waals surface area contributed by atoms with Gasteiger partial charge >= 0.3 is 0 Å². The van der Waals surface area contributed by atoms with Crippen molar-refractivity contribution >= 4 is 10.8 Å². The van der Waals surface area contributed by atoms with Crippen molar-refractivity contribution in [1.82, 2.24) is 25.1 Å². The number of hydrogen-bond acceptors (Lipinski definition) is 5. The van der Waals surface area contributed by atoms with Crippen LogP contribution in [0.3, 0.4) is 0 Å². The number of benzene rings is 1. The largest absolute Gasteiger partial charge is 0.493 e. The Morgan fingerprint density at radius 3 is 2.79 bits per heavy atom. The molecule has 5 rings (SSSR count). The van der Waals surface area contributed by atoms with Crippen LogP contribution >= 0.6 is 0 Å². The van der Waals surface area contributed by atoms with Gasteiger partial charge < -0.3 is 10.4 Å². The summed E-state index contributed by atoms with van der Waals surface area (Å²) in [5, 5.41) is 21.2. The van der Waals surface area contributed by atoms with E-state index in [1.807, 2.05) is 36.5 Å². The van der Waals surface area contributed by atoms with Gasteiger partial charge in [-0.05, 0) is 42.8 Å². The summed E-state index contributed by atoms with van der Waals surface area (Å²) in [4.78, 5) is 8.85. The second kappa shape index (κ2) is 7.05. The fourth-order valence-corrected chi connectivity index (χ4v) is 3.84. The van der Waals surface area contributed by atoms with Gasteiger partial charge in [0.15, 0.2) is 5.82 Å². The van der Waals surface area contributed by atoms with E-state index in [9.17, 15) is 5.11 Å². The molecule has 0 spiro atoms. The molecule has 2 N–H and O–H groups in total. The molecule has 6 nitrogen and oxygen atoms in total. The van der Waals surface area contributed by atoms with Crippen LogP contribution in [0.5, 0.6) is 5.88 Å². The summed E-state index contributed by atoms with van der Waals surface area (Å²) in [6.07, 6.45) is 6.21. The van der Waals surface area contributed by atoms with E-state index in [1.54, 1.807) is 6.20 Å². The first-order valence-electron chi connectivity index (χ1n) is 9.56. The molecule has 140 valence electrons. The molecule has 0 saturated carbocycles. The number of aromatic nitrogens is 4. The van der Waals surface area contributed by atoms with E-state index in [0.29, 0.717) is 12.4 Å². The van der Waals surface area contributed by atoms with Crippen LogP contribution < -0.4 is 5.32 Å². The highest BCUT2D eigenvalue weighted by molar-refractivity contribution is 5.81. The average Bonchev–Trinajstić information content (AvgIpc) is 3.09. The second-order valence-corrected chi connectivity index (χ2v) is 7.19. The molecule has 1 unspecified atom stereocenters. The van der Waals surface area contributed by atoms with Crippen molar-refractivity contribution in [3.63, 3.8) is 0 Å². The molecular formula is C22H21N5O. The predicted molar refractivity (Wildman–Crippen MR) is 107 cm³/mol. The highest BCUT2D eigenvalue weighted by atomic mass is 16.3. The molecule has 0 fully saturated rings. The first-order chi connectivity index (χ1) is 13.8. The van der Waals surface area contributed by atoms with Crippen LogP contribution in [0, 0.1) is 0 Å². The molecule has 1 aliphatic rings. The number of aryl methyl sites for hydroxylation is 1. The third-order valence-electron chi connectivity index (χ3n) is 5.35. The zero-order valence-electron chi connectivity index (χ0n) is 15.4. The first-order valence-corrected chi connectivity index (χ1v) is 9.56. The number of nitrogens with zero attached hydrogens (tertiary/aromatic N) is 4. The normalized spacial score (nSPS) is 16.2. The maximum absolute atomic E-state index is 10.7. The van der Waals surface area contributed by atoms with Crippen LogP contribution in [0.1, 0.15) is 23.4 Å². The summed E-state index contributed by atoms with van der Waals surface area (Å²) >= 11 is 0. The van der Waals surface area contributed by atoms with Crippen molar-refractivity contribution in [2.24, 2.45) is 0 Å². The van der Waals surface area contributed by atoms with Gasteiger partial charge in [-0.2, -0.15) is 9.78 Å². The lowest BCUT2D eigenvalue weighted by Gasteiger charge is -2.22. The van der Waals surface area contributed by atoms with Crippen LogP contribution in [-0.4, -0.2) is 30.9 Å². The highest BCUT2D eigenvalue weighted by Crippen LogP contribution is 2.30. The molecule has 28 heavy (non-hydrogen) atoms. The molecule has 0 radical (unpaired) electrons. The first kappa shape index (κ1) is 16.9. The number of rotatable bonds is 4. The van der Waals surface area contributed by atoms with Crippen LogP contribution in [0.15, 0.2) is 60.9 Å². The number of hydrogen-bond donors (Lipinski definition) is 2. The predicted octanol–water partition coefficient (Wildman–Crippen LogP) is 3.17. The molecule has 4 aromatic rings. The molecule has 1 atom stereocenters. The number of nitrogens with one attached hydrogen (secondary N) is 1. The lowest BCUT2D eigenvalue weighted by Crippen LogP contribution is -2.34. The van der Waals surface area contributed by atoms with E-state index in [2.05, 4.69) is 38.6 Å². The molecule has 1 aromatic carbocycles. The summed E-state index contributed by atoms with van der Waals surface area (Å²) in [5.41, 5.74) is 2.91. The molecule has 3 aromatic heterocycles. The zero-order valence-corrected chi connectivity index (χ0v) is 15.4. The van der Waals surface area contributed by atoms with Crippen LogP contribution in [0.2, 0.25) is 0 Å². The van der Waals surface area contributed by atoms with Crippen LogP contribution in [0.4, 0.5) is 0 Å². The molecule has 6 heteroatoms. The summed E-state index contributed by atoms with van der Waals surface area (Å²) in [6.45, 7) is 0.708. The smallest absolute Gasteiger partial charge is 0.219 e. The van der Waals surface area contributed by atoms with E-state index in [4.69, 9.17) is 0 Å². The fourth-order valence-electron chi connectivity index (χ4n) is 3.84. The third-order valence-corrected chi connectivity index (χ3v) is 5.35. The Morgan fingerprint density at radius 1 is 1.07 bits per heavy atom. The minimum atomic E-state index is 0.198. The van der Waals surface area contributed by atoms with Gasteiger partial charge in [-0.25, -0.2) is 4.98 Å². The summed E-state index contributed by atoms with van der Waals surface area (Å²) in [6, 6.07) is 16.3. The number of fused-ring (bicyclic) bond motifs is 2. The Morgan fingerprint density at radius 2 is 1.93 bits per heavy atom. The Labute approximate surface area is 162 Å². The summed E-state index contributed by atoms with van der Waals surface area (Å²) in [5.74, 6) is 0.836. The van der Waals surface area contributed by atoms with Gasteiger partial charge in [-0.3, -0.25) is 4.98 Å². The third kappa shape index (κ3) is 3.12. The SMILES string of the molecule is Oc1c2c(nn1-c1ccccn1)CCC(NCc1cc3ccccc3cn1)C2. The standard InChI is InChI=1S/C22H21N5O/c28-22-19-12-17(8-9-20(19)26-27(22)21-7-3-4-10-23-21)25-14-18-11-15-5-1-2-6-16(15)13-24-18/h1-7,10-11,13,17,25,28H,8-9,12,14H2. The Kier molecular flexibility index (Phi) is 4.25. The van der Waals surface area contributed by atoms with Crippen molar-refractivity contribution < 1.29 is 5.11 Å². The van der Waals surface area contributed by atoms with E-state index in [1.165, 1.54) is 10.1 Å². The van der Waals surface area contributed by atoms with Gasteiger partial charge in [0, 0.05) is 35.9 Å². The van der Waals surface area contributed by atoms with Crippen LogP contribution in [-0.2, 0) is 19.4 Å². The van der Waals surface area contributed by atoms with Gasteiger partial charge in [-0.15, -0.1) is 0 Å². The monoisotopic (exact) mass is 371 g/mol. The Balaban J connectivity index is 1.31. The quantitative estimate of drug-likeness (QED) is 0.576. The minimum absolute atomic E-state index is 0.198. The number of aromatic hydroxyl groups is 1. The van der Waals surface area contributed by atoms with E-state index in [-0.39, 0.29) is 11.9 Å². The van der Waals surface area contributed by atoms with Crippen LogP contribution in [0.25, 0.3) is 16.6 Å². The molecular weight excluding hydrogens is 350 g/mol. The Hall–Kier alpha value is -3.25. The molecule has 0 amide bonds. The van der Waals surface area contributed by atoms with E-state index in [0.717, 1.165) is 41.6 Å². The molecule has 3 heterocycles. The van der Waals surface area contributed by atoms with E-state index >= 15 is 0 Å². The molecule has 0 aliphatic heterocycles. The molecule has 1 aliphatic carbocycles. The number of pyridine rings is 2. The van der Waals surface area contributed by atoms with Crippen molar-refractivity contribution in [2.75, 3.05) is 0 Å². The topological polar surface area (TPSA) is 75.9 Å². The summed E-state index contributed by atoms with van der Waals surface area (Å²) in [7, 11) is 0. The molecule has 0 saturated heterocycles. The van der Waals surface area contributed by atoms with Gasteiger partial charge in [0.25, 0.3) is 0 Å². The lowest BCUT2D eigenvalue weighted by atomic mass is 9.93. The fraction of sp³-hybridized carbons (Fsp3) is 0.227. The Bertz CT molecular complexity index is 1120. The van der Waals surface area contributed by atoms with Gasteiger partial charge in [0.1, 0.15) is 0 Å². The average molecular weight is 371 g/mol. The maximum Gasteiger partial charge on any atom is 0.219 e. The van der Waals surface area contributed by atoms with Crippen molar-refractivity contribution in [1.29, 1.82) is 0 Å². The maximum atomic E-state index is 10.7. The minimum Gasteiger partial charge on any atom is -0.493 e.